The van der Waals surface area contributed by atoms with Gasteiger partial charge in [-0.05, 0) is 85.3 Å². The van der Waals surface area contributed by atoms with Crippen LogP contribution in [0.1, 0.15) is 73.1 Å². The van der Waals surface area contributed by atoms with E-state index in [9.17, 15) is 0 Å². The minimum absolute atomic E-state index is 1.04. The van der Waals surface area contributed by atoms with Gasteiger partial charge in [0.15, 0.2) is 0 Å². The summed E-state index contributed by atoms with van der Waals surface area (Å²) in [5.41, 5.74) is 5.94. The van der Waals surface area contributed by atoms with Crippen molar-refractivity contribution in [2.75, 3.05) is 5.75 Å². The van der Waals surface area contributed by atoms with E-state index in [1.165, 1.54) is 52.9 Å². The minimum atomic E-state index is 1.04. The maximum absolute atomic E-state index is 4.05. The summed E-state index contributed by atoms with van der Waals surface area (Å²) >= 11 is 1.87. The highest BCUT2D eigenvalue weighted by molar-refractivity contribution is 7.99. The van der Waals surface area contributed by atoms with Crippen molar-refractivity contribution in [3.8, 4) is 0 Å². The molecular weight excluding hydrogens is 346 g/mol. The smallest absolute Gasteiger partial charge is 0.0278 e. The molecule has 27 heavy (non-hydrogen) atoms. The van der Waals surface area contributed by atoms with Crippen LogP contribution in [0.25, 0.3) is 0 Å². The fraction of sp³-hybridized carbons (Fsp3) is 0.480. The van der Waals surface area contributed by atoms with Gasteiger partial charge in [-0.2, -0.15) is 0 Å². The van der Waals surface area contributed by atoms with Crippen LogP contribution in [0.3, 0.4) is 0 Å². The number of nitrogens with zero attached hydrogens (tertiary/aromatic N) is 1. The van der Waals surface area contributed by atoms with Crippen molar-refractivity contribution in [2.24, 2.45) is 0 Å². The molecule has 2 heteroatoms. The Balaban J connectivity index is 2.21. The number of pyridine rings is 1. The quantitative estimate of drug-likeness (QED) is 0.266. The number of rotatable bonds is 12. The van der Waals surface area contributed by atoms with Crippen LogP contribution in [0.2, 0.25) is 0 Å². The molecule has 0 N–H and O–H groups in total. The van der Waals surface area contributed by atoms with E-state index < -0.39 is 0 Å². The molecule has 0 bridgehead atoms. The minimum Gasteiger partial charge on any atom is -0.265 e. The summed E-state index contributed by atoms with van der Waals surface area (Å²) < 4.78 is 0. The first-order chi connectivity index (χ1) is 13.0. The molecule has 0 aliphatic rings. The van der Waals surface area contributed by atoms with Gasteiger partial charge >= 0.3 is 0 Å². The van der Waals surface area contributed by atoms with Crippen molar-refractivity contribution < 1.29 is 0 Å². The van der Waals surface area contributed by atoms with E-state index in [1.807, 2.05) is 24.2 Å². The normalized spacial score (nSPS) is 13.0. The van der Waals surface area contributed by atoms with Gasteiger partial charge in [-0.25, -0.2) is 0 Å². The molecule has 0 radical (unpaired) electrons. The highest BCUT2D eigenvalue weighted by Gasteiger charge is 1.95. The Bertz CT molecular complexity index is 646. The molecule has 1 heterocycles. The van der Waals surface area contributed by atoms with E-state index in [0.29, 0.717) is 0 Å². The van der Waals surface area contributed by atoms with Gasteiger partial charge in [0.25, 0.3) is 0 Å². The van der Waals surface area contributed by atoms with Crippen molar-refractivity contribution >= 4 is 11.8 Å². The average Bonchev–Trinajstić information content (AvgIpc) is 2.62. The largest absolute Gasteiger partial charge is 0.265 e. The van der Waals surface area contributed by atoms with Crippen LogP contribution in [0.15, 0.2) is 76.0 Å². The van der Waals surface area contributed by atoms with E-state index in [-0.39, 0.29) is 0 Å². The van der Waals surface area contributed by atoms with Gasteiger partial charge in [-0.15, -0.1) is 11.8 Å². The Morgan fingerprint density at radius 3 is 1.74 bits per heavy atom. The van der Waals surface area contributed by atoms with Crippen LogP contribution in [0, 0.1) is 0 Å². The molecule has 0 aliphatic carbocycles. The second-order valence-electron chi connectivity index (χ2n) is 7.54. The summed E-state index contributed by atoms with van der Waals surface area (Å²) in [5, 5.41) is 0. The maximum Gasteiger partial charge on any atom is 0.0278 e. The SMILES string of the molecule is CC(C)=CCC/C(C)=C/CC/C(C)=C/CC/C(C)=C/CSc1ccncc1. The standard InChI is InChI=1S/C25H37NS/c1-21(2)9-6-10-22(3)11-7-12-23(4)13-8-14-24(5)17-20-27-25-15-18-26-19-16-25/h9,11,13,15-19H,6-8,10,12,14,20H2,1-5H3/b22-11+,23-13+,24-17+. The molecule has 0 fully saturated rings. The number of allylic oxidation sites excluding steroid dienone is 7. The third-order valence-electron chi connectivity index (χ3n) is 4.49. The average molecular weight is 384 g/mol. The van der Waals surface area contributed by atoms with Crippen LogP contribution in [-0.2, 0) is 0 Å². The van der Waals surface area contributed by atoms with E-state index in [0.717, 1.165) is 18.6 Å². The summed E-state index contributed by atoms with van der Waals surface area (Å²) in [4.78, 5) is 5.34. The first-order valence-corrected chi connectivity index (χ1v) is 11.1. The van der Waals surface area contributed by atoms with Gasteiger partial charge in [-0.1, -0.05) is 46.6 Å². The van der Waals surface area contributed by atoms with Crippen molar-refractivity contribution in [1.29, 1.82) is 0 Å². The molecule has 0 saturated heterocycles. The Morgan fingerprint density at radius 1 is 0.741 bits per heavy atom. The van der Waals surface area contributed by atoms with E-state index in [2.05, 4.69) is 76.0 Å². The molecule has 148 valence electrons. The second kappa shape index (κ2) is 14.5. The van der Waals surface area contributed by atoms with Crippen LogP contribution in [0.4, 0.5) is 0 Å². The zero-order chi connectivity index (χ0) is 19.9. The molecule has 0 unspecified atom stereocenters. The number of hydrogen-bond donors (Lipinski definition) is 0. The third-order valence-corrected chi connectivity index (χ3v) is 5.42. The molecule has 1 aromatic heterocycles. The summed E-state index contributed by atoms with van der Waals surface area (Å²) in [5.74, 6) is 1.04. The lowest BCUT2D eigenvalue weighted by atomic mass is 10.0. The predicted octanol–water partition coefficient (Wildman–Crippen LogP) is 8.32. The molecule has 0 saturated carbocycles. The first kappa shape index (κ1) is 23.5. The van der Waals surface area contributed by atoms with E-state index >= 15 is 0 Å². The fourth-order valence-corrected chi connectivity index (χ4v) is 3.58. The predicted molar refractivity (Wildman–Crippen MR) is 123 cm³/mol. The molecular formula is C25H37NS. The van der Waals surface area contributed by atoms with Crippen molar-refractivity contribution in [2.45, 2.75) is 78.0 Å². The molecule has 0 aliphatic heterocycles. The van der Waals surface area contributed by atoms with Gasteiger partial charge in [0.2, 0.25) is 0 Å². The Labute approximate surface area is 171 Å². The van der Waals surface area contributed by atoms with Crippen molar-refractivity contribution in [1.82, 2.24) is 4.98 Å². The lowest BCUT2D eigenvalue weighted by Crippen LogP contribution is -1.83. The molecule has 0 amide bonds. The van der Waals surface area contributed by atoms with E-state index in [1.54, 1.807) is 0 Å². The number of aromatic nitrogens is 1. The lowest BCUT2D eigenvalue weighted by molar-refractivity contribution is 0.899. The molecule has 0 atom stereocenters. The Kier molecular flexibility index (Phi) is 12.6. The molecule has 1 rings (SSSR count). The first-order valence-electron chi connectivity index (χ1n) is 10.1. The van der Waals surface area contributed by atoms with Crippen LogP contribution < -0.4 is 0 Å². The topological polar surface area (TPSA) is 12.9 Å². The summed E-state index contributed by atoms with van der Waals surface area (Å²) in [6.07, 6.45) is 20.2. The van der Waals surface area contributed by atoms with Gasteiger partial charge in [-0.3, -0.25) is 4.98 Å². The molecule has 1 nitrogen and oxygen atoms in total. The Hall–Kier alpha value is -1.54. The van der Waals surface area contributed by atoms with E-state index in [4.69, 9.17) is 0 Å². The summed E-state index contributed by atoms with van der Waals surface area (Å²) in [6.45, 7) is 11.1. The second-order valence-corrected chi connectivity index (χ2v) is 8.64. The molecule has 0 aromatic carbocycles. The maximum atomic E-state index is 4.05. The fourth-order valence-electron chi connectivity index (χ4n) is 2.70. The molecule has 0 spiro atoms. The zero-order valence-electron chi connectivity index (χ0n) is 17.9. The monoisotopic (exact) mass is 383 g/mol. The van der Waals surface area contributed by atoms with Crippen LogP contribution >= 0.6 is 11.8 Å². The third kappa shape index (κ3) is 13.3. The lowest BCUT2D eigenvalue weighted by Gasteiger charge is -2.03. The van der Waals surface area contributed by atoms with Gasteiger partial charge in [0.1, 0.15) is 0 Å². The van der Waals surface area contributed by atoms with Crippen LogP contribution in [-0.4, -0.2) is 10.7 Å². The zero-order valence-corrected chi connectivity index (χ0v) is 18.7. The van der Waals surface area contributed by atoms with Gasteiger partial charge in [0, 0.05) is 23.0 Å². The van der Waals surface area contributed by atoms with Gasteiger partial charge in [0.05, 0.1) is 0 Å². The van der Waals surface area contributed by atoms with Crippen molar-refractivity contribution in [3.63, 3.8) is 0 Å². The number of hydrogen-bond acceptors (Lipinski definition) is 2. The van der Waals surface area contributed by atoms with Gasteiger partial charge < -0.3 is 0 Å². The van der Waals surface area contributed by atoms with Crippen LogP contribution in [0.5, 0.6) is 0 Å². The Morgan fingerprint density at radius 2 is 1.22 bits per heavy atom. The highest BCUT2D eigenvalue weighted by Crippen LogP contribution is 2.18. The highest BCUT2D eigenvalue weighted by atomic mass is 32.2. The van der Waals surface area contributed by atoms with Crippen molar-refractivity contribution in [3.05, 3.63) is 71.1 Å². The molecule has 1 aromatic rings. The summed E-state index contributed by atoms with van der Waals surface area (Å²) in [6, 6.07) is 4.13. The summed E-state index contributed by atoms with van der Waals surface area (Å²) in [7, 11) is 0. The number of thioether (sulfide) groups is 1.